The van der Waals surface area contributed by atoms with E-state index in [1.165, 1.54) is 0 Å². The van der Waals surface area contributed by atoms with Crippen LogP contribution < -0.4 is 15.4 Å². The average molecular weight is 310 g/mol. The summed E-state index contributed by atoms with van der Waals surface area (Å²) in [6.07, 6.45) is -0.458. The van der Waals surface area contributed by atoms with Crippen LogP contribution in [0.1, 0.15) is 18.4 Å². The summed E-state index contributed by atoms with van der Waals surface area (Å²) in [5.74, 6) is -0.233. The maximum atomic E-state index is 11.4. The van der Waals surface area contributed by atoms with E-state index in [-0.39, 0.29) is 26.1 Å². The van der Waals surface area contributed by atoms with Gasteiger partial charge in [-0.3, -0.25) is 4.79 Å². The minimum absolute atomic E-state index is 0.00718. The Bertz CT molecular complexity index is 493. The first-order chi connectivity index (χ1) is 10.5. The number of amides is 2. The van der Waals surface area contributed by atoms with Crippen LogP contribution in [-0.2, 0) is 4.79 Å². The van der Waals surface area contributed by atoms with E-state index in [2.05, 4.69) is 10.6 Å². The highest BCUT2D eigenvalue weighted by Gasteiger charge is 2.08. The molecule has 0 aliphatic rings. The van der Waals surface area contributed by atoms with Crippen molar-refractivity contribution < 1.29 is 24.5 Å². The molecule has 0 saturated carbocycles. The van der Waals surface area contributed by atoms with Gasteiger partial charge in [0, 0.05) is 19.5 Å². The molecule has 0 saturated heterocycles. The van der Waals surface area contributed by atoms with E-state index >= 15 is 0 Å². The monoisotopic (exact) mass is 310 g/mol. The zero-order valence-corrected chi connectivity index (χ0v) is 12.5. The highest BCUT2D eigenvalue weighted by Crippen LogP contribution is 2.12. The van der Waals surface area contributed by atoms with Gasteiger partial charge in [-0.1, -0.05) is 12.1 Å². The number of aliphatic hydroxyl groups is 1. The number of hydrogen-bond donors (Lipinski definition) is 4. The van der Waals surface area contributed by atoms with Gasteiger partial charge in [0.05, 0.1) is 0 Å². The highest BCUT2D eigenvalue weighted by molar-refractivity contribution is 5.73. The van der Waals surface area contributed by atoms with Crippen molar-refractivity contribution in [3.05, 3.63) is 29.8 Å². The van der Waals surface area contributed by atoms with Crippen LogP contribution >= 0.6 is 0 Å². The number of carbonyl (C=O) groups is 2. The number of benzene rings is 1. The number of urea groups is 1. The van der Waals surface area contributed by atoms with Crippen LogP contribution in [-0.4, -0.2) is 48.0 Å². The van der Waals surface area contributed by atoms with Crippen LogP contribution in [0.15, 0.2) is 24.3 Å². The van der Waals surface area contributed by atoms with Crippen LogP contribution in [0.25, 0.3) is 0 Å². The molecule has 0 heterocycles. The lowest BCUT2D eigenvalue weighted by Crippen LogP contribution is -2.41. The normalized spacial score (nSPS) is 11.5. The molecule has 0 bridgehead atoms. The second-order valence-electron chi connectivity index (χ2n) is 4.92. The SMILES string of the molecule is Cc1cccc(OCC(O)CNC(=O)NCCCC(=O)O)c1. The van der Waals surface area contributed by atoms with Gasteiger partial charge in [0.15, 0.2) is 0 Å². The number of aliphatic carboxylic acids is 1. The number of ether oxygens (including phenoxy) is 1. The summed E-state index contributed by atoms with van der Waals surface area (Å²) in [5.41, 5.74) is 1.06. The van der Waals surface area contributed by atoms with Crippen molar-refractivity contribution >= 4 is 12.0 Å². The van der Waals surface area contributed by atoms with E-state index in [1.54, 1.807) is 6.07 Å². The summed E-state index contributed by atoms with van der Waals surface area (Å²) in [7, 11) is 0. The fourth-order valence-electron chi connectivity index (χ4n) is 1.67. The third kappa shape index (κ3) is 8.11. The Morgan fingerprint density at radius 3 is 2.77 bits per heavy atom. The van der Waals surface area contributed by atoms with Crippen molar-refractivity contribution in [1.82, 2.24) is 10.6 Å². The third-order valence-electron chi connectivity index (χ3n) is 2.78. The van der Waals surface area contributed by atoms with Crippen molar-refractivity contribution in [3.8, 4) is 5.75 Å². The molecule has 1 unspecified atom stereocenters. The molecule has 1 aromatic carbocycles. The van der Waals surface area contributed by atoms with Gasteiger partial charge in [0.25, 0.3) is 0 Å². The number of aliphatic hydroxyl groups excluding tert-OH is 1. The number of carboxylic acids is 1. The van der Waals surface area contributed by atoms with E-state index in [9.17, 15) is 14.7 Å². The van der Waals surface area contributed by atoms with Crippen LogP contribution in [0, 0.1) is 6.92 Å². The summed E-state index contributed by atoms with van der Waals surface area (Å²) in [4.78, 5) is 21.7. The second-order valence-corrected chi connectivity index (χ2v) is 4.92. The van der Waals surface area contributed by atoms with Gasteiger partial charge in [-0.05, 0) is 31.0 Å². The van der Waals surface area contributed by atoms with Gasteiger partial charge in [0.1, 0.15) is 18.5 Å². The molecule has 122 valence electrons. The van der Waals surface area contributed by atoms with Gasteiger partial charge in [-0.2, -0.15) is 0 Å². The Balaban J connectivity index is 2.13. The maximum Gasteiger partial charge on any atom is 0.314 e. The summed E-state index contributed by atoms with van der Waals surface area (Å²) >= 11 is 0. The van der Waals surface area contributed by atoms with Gasteiger partial charge >= 0.3 is 12.0 Å². The predicted octanol–water partition coefficient (Wildman–Crippen LogP) is 0.899. The topological polar surface area (TPSA) is 108 Å². The van der Waals surface area contributed by atoms with Crippen molar-refractivity contribution in [3.63, 3.8) is 0 Å². The summed E-state index contributed by atoms with van der Waals surface area (Å²) < 4.78 is 5.42. The highest BCUT2D eigenvalue weighted by atomic mass is 16.5. The minimum atomic E-state index is -0.897. The first-order valence-corrected chi connectivity index (χ1v) is 7.08. The Morgan fingerprint density at radius 2 is 2.09 bits per heavy atom. The molecule has 1 rings (SSSR count). The van der Waals surface area contributed by atoms with Crippen molar-refractivity contribution in [1.29, 1.82) is 0 Å². The van der Waals surface area contributed by atoms with Crippen LogP contribution in [0.4, 0.5) is 4.79 Å². The number of aryl methyl sites for hydroxylation is 1. The molecular weight excluding hydrogens is 288 g/mol. The zero-order chi connectivity index (χ0) is 16.4. The molecule has 0 aliphatic heterocycles. The van der Waals surface area contributed by atoms with Gasteiger partial charge < -0.3 is 25.6 Å². The molecule has 1 atom stereocenters. The molecule has 7 nitrogen and oxygen atoms in total. The fraction of sp³-hybridized carbons (Fsp3) is 0.467. The molecule has 4 N–H and O–H groups in total. The summed E-state index contributed by atoms with van der Waals surface area (Å²) in [6.45, 7) is 2.34. The van der Waals surface area contributed by atoms with Crippen molar-refractivity contribution in [2.24, 2.45) is 0 Å². The Kier molecular flexibility index (Phi) is 7.77. The van der Waals surface area contributed by atoms with Crippen molar-refractivity contribution in [2.75, 3.05) is 19.7 Å². The van der Waals surface area contributed by atoms with Crippen LogP contribution in [0.5, 0.6) is 5.75 Å². The van der Waals surface area contributed by atoms with E-state index < -0.39 is 18.1 Å². The van der Waals surface area contributed by atoms with Gasteiger partial charge in [-0.25, -0.2) is 4.79 Å². The van der Waals surface area contributed by atoms with Gasteiger partial charge in [0.2, 0.25) is 0 Å². The fourth-order valence-corrected chi connectivity index (χ4v) is 1.67. The molecule has 1 aromatic rings. The molecule has 0 aliphatic carbocycles. The Hall–Kier alpha value is -2.28. The quantitative estimate of drug-likeness (QED) is 0.507. The van der Waals surface area contributed by atoms with Crippen LogP contribution in [0.2, 0.25) is 0 Å². The standard InChI is InChI=1S/C15H22N2O5/c1-11-4-2-5-13(8-11)22-10-12(18)9-17-15(21)16-7-3-6-14(19)20/h2,4-5,8,12,18H,3,6-7,9-10H2,1H3,(H,19,20)(H2,16,17,21). The molecular formula is C15H22N2O5. The number of rotatable bonds is 9. The average Bonchev–Trinajstić information content (AvgIpc) is 2.47. The maximum absolute atomic E-state index is 11.4. The Morgan fingerprint density at radius 1 is 1.32 bits per heavy atom. The molecule has 7 heteroatoms. The van der Waals surface area contributed by atoms with E-state index in [0.29, 0.717) is 12.2 Å². The number of carboxylic acid groups (broad SMARTS) is 1. The van der Waals surface area contributed by atoms with E-state index in [0.717, 1.165) is 5.56 Å². The Labute approximate surface area is 129 Å². The van der Waals surface area contributed by atoms with Crippen LogP contribution in [0.3, 0.4) is 0 Å². The van der Waals surface area contributed by atoms with Crippen molar-refractivity contribution in [2.45, 2.75) is 25.9 Å². The number of nitrogens with one attached hydrogen (secondary N) is 2. The second kappa shape index (κ2) is 9.62. The summed E-state index contributed by atoms with van der Waals surface area (Å²) in [5, 5.41) is 23.2. The minimum Gasteiger partial charge on any atom is -0.491 e. The first-order valence-electron chi connectivity index (χ1n) is 7.08. The number of hydrogen-bond acceptors (Lipinski definition) is 4. The summed E-state index contributed by atoms with van der Waals surface area (Å²) in [6, 6.07) is 7.01. The lowest BCUT2D eigenvalue weighted by atomic mass is 10.2. The molecule has 0 radical (unpaired) electrons. The molecule has 0 spiro atoms. The molecule has 2 amide bonds. The first kappa shape index (κ1) is 17.8. The van der Waals surface area contributed by atoms with E-state index in [1.807, 2.05) is 25.1 Å². The molecule has 22 heavy (non-hydrogen) atoms. The lowest BCUT2D eigenvalue weighted by molar-refractivity contribution is -0.137. The number of carbonyl (C=O) groups excluding carboxylic acids is 1. The molecule has 0 fully saturated rings. The van der Waals surface area contributed by atoms with E-state index in [4.69, 9.17) is 9.84 Å². The smallest absolute Gasteiger partial charge is 0.314 e. The predicted molar refractivity (Wildman–Crippen MR) is 81.0 cm³/mol. The van der Waals surface area contributed by atoms with Gasteiger partial charge in [-0.15, -0.1) is 0 Å². The molecule has 0 aromatic heterocycles. The lowest BCUT2D eigenvalue weighted by Gasteiger charge is -2.14. The largest absolute Gasteiger partial charge is 0.491 e. The third-order valence-corrected chi connectivity index (χ3v) is 2.78. The zero-order valence-electron chi connectivity index (χ0n) is 12.5.